The highest BCUT2D eigenvalue weighted by Gasteiger charge is 2.28. The zero-order valence-electron chi connectivity index (χ0n) is 16.5. The normalized spacial score (nSPS) is 18.8. The number of fused-ring (bicyclic) bond motifs is 1. The maximum atomic E-state index is 13.4. The average molecular weight is 398 g/mol. The summed E-state index contributed by atoms with van der Waals surface area (Å²) in [5.74, 6) is 1.81. The van der Waals surface area contributed by atoms with Crippen LogP contribution in [0.4, 0.5) is 21.7 Å². The number of piperidine rings is 1. The molecule has 3 heterocycles. The van der Waals surface area contributed by atoms with Gasteiger partial charge in [0.25, 0.3) is 0 Å². The van der Waals surface area contributed by atoms with Crippen molar-refractivity contribution in [2.45, 2.75) is 37.7 Å². The number of rotatable bonds is 4. The topological polar surface area (TPSA) is 86.5 Å². The van der Waals surface area contributed by atoms with Gasteiger partial charge in [0.15, 0.2) is 5.65 Å². The molecule has 3 aromatic rings. The van der Waals surface area contributed by atoms with Crippen molar-refractivity contribution in [1.82, 2.24) is 19.9 Å². The first-order valence-electron chi connectivity index (χ1n) is 10.1. The summed E-state index contributed by atoms with van der Waals surface area (Å²) in [6.07, 6.45) is 6.30. The van der Waals surface area contributed by atoms with E-state index in [4.69, 9.17) is 5.11 Å². The molecule has 1 aliphatic carbocycles. The minimum Gasteiger partial charge on any atom is -0.392 e. The molecule has 0 bridgehead atoms. The highest BCUT2D eigenvalue weighted by molar-refractivity contribution is 5.66. The van der Waals surface area contributed by atoms with Gasteiger partial charge in [0.1, 0.15) is 17.5 Å². The molecule has 2 fully saturated rings. The number of aliphatic hydroxyl groups is 1. The summed E-state index contributed by atoms with van der Waals surface area (Å²) in [5.41, 5.74) is 2.71. The first kappa shape index (κ1) is 19.6. The Morgan fingerprint density at radius 3 is 2.72 bits per heavy atom. The molecule has 7 nitrogen and oxygen atoms in total. The van der Waals surface area contributed by atoms with E-state index in [0.29, 0.717) is 11.6 Å². The van der Waals surface area contributed by atoms with Crippen molar-refractivity contribution in [3.05, 3.63) is 47.9 Å². The number of hydrogen-bond donors (Lipinski definition) is 4. The fraction of sp³-hybridized carbons (Fsp3) is 0.429. The average Bonchev–Trinajstić information content (AvgIpc) is 3.48. The van der Waals surface area contributed by atoms with E-state index in [1.807, 2.05) is 25.4 Å². The van der Waals surface area contributed by atoms with Gasteiger partial charge in [-0.2, -0.15) is 9.61 Å². The second-order valence-electron chi connectivity index (χ2n) is 7.52. The van der Waals surface area contributed by atoms with E-state index in [1.54, 1.807) is 10.6 Å². The third kappa shape index (κ3) is 4.83. The SMILES string of the molecule is CNc1cc(Nc2cccc(F)c2)n2ncc(C3CC3)c2n1.OC1CCCNC1. The molecule has 1 saturated carbocycles. The summed E-state index contributed by atoms with van der Waals surface area (Å²) < 4.78 is 15.1. The lowest BCUT2D eigenvalue weighted by atomic mass is 10.1. The summed E-state index contributed by atoms with van der Waals surface area (Å²) in [4.78, 5) is 4.61. The number of nitrogens with zero attached hydrogens (tertiary/aromatic N) is 3. The summed E-state index contributed by atoms with van der Waals surface area (Å²) in [7, 11) is 1.83. The molecule has 154 valence electrons. The maximum Gasteiger partial charge on any atom is 0.163 e. The Bertz CT molecular complexity index is 965. The van der Waals surface area contributed by atoms with Gasteiger partial charge in [-0.3, -0.25) is 0 Å². The van der Waals surface area contributed by atoms with Crippen LogP contribution in [-0.2, 0) is 0 Å². The van der Waals surface area contributed by atoms with Gasteiger partial charge in [0, 0.05) is 30.9 Å². The van der Waals surface area contributed by atoms with Crippen molar-refractivity contribution >= 4 is 23.0 Å². The van der Waals surface area contributed by atoms with Crippen LogP contribution in [0.1, 0.15) is 37.2 Å². The quantitative estimate of drug-likeness (QED) is 0.540. The molecular formula is C21H27FN6O. The fourth-order valence-corrected chi connectivity index (χ4v) is 3.43. The molecule has 1 atom stereocenters. The lowest BCUT2D eigenvalue weighted by molar-refractivity contribution is 0.142. The number of aromatic nitrogens is 3. The van der Waals surface area contributed by atoms with Crippen molar-refractivity contribution in [2.24, 2.45) is 0 Å². The van der Waals surface area contributed by atoms with Crippen molar-refractivity contribution in [3.8, 4) is 0 Å². The van der Waals surface area contributed by atoms with E-state index in [0.717, 1.165) is 43.2 Å². The van der Waals surface area contributed by atoms with Crippen LogP contribution in [0.15, 0.2) is 36.5 Å². The minimum absolute atomic E-state index is 0.0752. The second kappa shape index (κ2) is 8.75. The zero-order chi connectivity index (χ0) is 20.2. The number of halogens is 1. The van der Waals surface area contributed by atoms with Crippen LogP contribution in [0.2, 0.25) is 0 Å². The zero-order valence-corrected chi connectivity index (χ0v) is 16.5. The van der Waals surface area contributed by atoms with Crippen molar-refractivity contribution in [2.75, 3.05) is 30.8 Å². The van der Waals surface area contributed by atoms with E-state index in [1.165, 1.54) is 30.5 Å². The predicted octanol–water partition coefficient (Wildman–Crippen LogP) is 3.26. The number of β-amino-alcohol motifs (C(OH)–C–C–N with tert-alkyl or cyclic N) is 1. The molecule has 5 rings (SSSR count). The maximum absolute atomic E-state index is 13.4. The van der Waals surface area contributed by atoms with Crippen molar-refractivity contribution in [1.29, 1.82) is 0 Å². The van der Waals surface area contributed by atoms with Crippen molar-refractivity contribution in [3.63, 3.8) is 0 Å². The molecule has 2 aliphatic rings. The Labute approximate surface area is 169 Å². The molecule has 8 heteroatoms. The molecule has 0 amide bonds. The number of hydrogen-bond acceptors (Lipinski definition) is 6. The highest BCUT2D eigenvalue weighted by Crippen LogP contribution is 2.42. The van der Waals surface area contributed by atoms with Crippen LogP contribution in [0.25, 0.3) is 5.65 Å². The van der Waals surface area contributed by atoms with Crippen LogP contribution < -0.4 is 16.0 Å². The van der Waals surface area contributed by atoms with E-state index >= 15 is 0 Å². The Hall–Kier alpha value is -2.71. The van der Waals surface area contributed by atoms with Gasteiger partial charge in [0.05, 0.1) is 12.3 Å². The van der Waals surface area contributed by atoms with Crippen LogP contribution in [-0.4, -0.2) is 45.9 Å². The number of nitrogens with one attached hydrogen (secondary N) is 3. The molecule has 1 aromatic carbocycles. The molecule has 2 aromatic heterocycles. The Morgan fingerprint density at radius 1 is 1.24 bits per heavy atom. The standard InChI is InChI=1S/C16H16FN5.C5H11NO/c1-18-14-8-15(20-12-4-2-3-11(17)7-12)22-16(21-14)13(9-19-22)10-5-6-10;7-5-2-1-3-6-4-5/h2-4,7-10,20H,5-6H2,1H3,(H,18,21);5-7H,1-4H2. The van der Waals surface area contributed by atoms with Crippen LogP contribution in [0, 0.1) is 5.82 Å². The van der Waals surface area contributed by atoms with E-state index < -0.39 is 0 Å². The monoisotopic (exact) mass is 398 g/mol. The first-order chi connectivity index (χ1) is 14.1. The van der Waals surface area contributed by atoms with Gasteiger partial charge in [0.2, 0.25) is 0 Å². The van der Waals surface area contributed by atoms with Gasteiger partial charge < -0.3 is 21.1 Å². The third-order valence-corrected chi connectivity index (χ3v) is 5.14. The van der Waals surface area contributed by atoms with Crippen LogP contribution in [0.5, 0.6) is 0 Å². The Morgan fingerprint density at radius 2 is 2.10 bits per heavy atom. The van der Waals surface area contributed by atoms with E-state index in [-0.39, 0.29) is 11.9 Å². The van der Waals surface area contributed by atoms with Gasteiger partial charge in [-0.05, 0) is 56.3 Å². The second-order valence-corrected chi connectivity index (χ2v) is 7.52. The van der Waals surface area contributed by atoms with E-state index in [9.17, 15) is 4.39 Å². The molecule has 1 unspecified atom stereocenters. The fourth-order valence-electron chi connectivity index (χ4n) is 3.43. The number of aliphatic hydroxyl groups excluding tert-OH is 1. The third-order valence-electron chi connectivity index (χ3n) is 5.14. The smallest absolute Gasteiger partial charge is 0.163 e. The van der Waals surface area contributed by atoms with Crippen LogP contribution in [0.3, 0.4) is 0 Å². The lowest BCUT2D eigenvalue weighted by Gasteiger charge is -2.16. The van der Waals surface area contributed by atoms with Crippen LogP contribution >= 0.6 is 0 Å². The van der Waals surface area contributed by atoms with Gasteiger partial charge in [-0.1, -0.05) is 6.07 Å². The highest BCUT2D eigenvalue weighted by atomic mass is 19.1. The Kier molecular flexibility index (Phi) is 5.92. The Balaban J connectivity index is 0.000000249. The molecule has 0 spiro atoms. The summed E-state index contributed by atoms with van der Waals surface area (Å²) in [6.45, 7) is 1.87. The molecule has 29 heavy (non-hydrogen) atoms. The minimum atomic E-state index is -0.275. The number of benzene rings is 1. The van der Waals surface area contributed by atoms with E-state index in [2.05, 4.69) is 26.0 Å². The predicted molar refractivity (Wildman–Crippen MR) is 112 cm³/mol. The summed E-state index contributed by atoms with van der Waals surface area (Å²) in [5, 5.41) is 22.7. The van der Waals surface area contributed by atoms with Gasteiger partial charge >= 0.3 is 0 Å². The lowest BCUT2D eigenvalue weighted by Crippen LogP contribution is -2.33. The summed E-state index contributed by atoms with van der Waals surface area (Å²) in [6, 6.07) is 8.23. The van der Waals surface area contributed by atoms with Crippen molar-refractivity contribution < 1.29 is 9.50 Å². The number of anilines is 3. The molecule has 0 radical (unpaired) electrons. The molecule has 1 aliphatic heterocycles. The largest absolute Gasteiger partial charge is 0.392 e. The van der Waals surface area contributed by atoms with Gasteiger partial charge in [-0.25, -0.2) is 9.37 Å². The molecule has 4 N–H and O–H groups in total. The molecular weight excluding hydrogens is 371 g/mol. The summed E-state index contributed by atoms with van der Waals surface area (Å²) >= 11 is 0. The first-order valence-corrected chi connectivity index (χ1v) is 10.1. The van der Waals surface area contributed by atoms with Gasteiger partial charge in [-0.15, -0.1) is 0 Å². The molecule has 1 saturated heterocycles.